The molecule has 0 spiro atoms. The van der Waals surface area contributed by atoms with E-state index in [1.807, 2.05) is 24.3 Å². The third-order valence-corrected chi connectivity index (χ3v) is 5.88. The van der Waals surface area contributed by atoms with E-state index in [2.05, 4.69) is 59.8 Å². The van der Waals surface area contributed by atoms with Crippen LogP contribution in [0, 0.1) is 0 Å². The van der Waals surface area contributed by atoms with Gasteiger partial charge in [0.2, 0.25) is 0 Å². The quantitative estimate of drug-likeness (QED) is 0.380. The van der Waals surface area contributed by atoms with Crippen molar-refractivity contribution in [2.75, 3.05) is 5.75 Å². The lowest BCUT2D eigenvalue weighted by molar-refractivity contribution is 0.102. The summed E-state index contributed by atoms with van der Waals surface area (Å²) in [7, 11) is 0. The zero-order valence-corrected chi connectivity index (χ0v) is 17.6. The third-order valence-electron chi connectivity index (χ3n) is 4.91. The standard InChI is InChI=1S/C23H27N3OS/c1-4-17-12-13-19(5-2)20(14-17)21(27)16-28-23-25-24-22(26(23)6-3)15-18-10-8-7-9-11-18/h7-14H,4-6,15-16H2,1-3H3. The highest BCUT2D eigenvalue weighted by molar-refractivity contribution is 7.99. The first-order chi connectivity index (χ1) is 13.7. The highest BCUT2D eigenvalue weighted by Crippen LogP contribution is 2.22. The van der Waals surface area contributed by atoms with E-state index in [0.29, 0.717) is 5.75 Å². The SMILES string of the molecule is CCc1ccc(CC)c(C(=O)CSc2nnc(Cc3ccccc3)n2CC)c1. The van der Waals surface area contributed by atoms with Gasteiger partial charge in [0.05, 0.1) is 5.75 Å². The van der Waals surface area contributed by atoms with E-state index in [9.17, 15) is 4.79 Å². The number of hydrogen-bond acceptors (Lipinski definition) is 4. The lowest BCUT2D eigenvalue weighted by Gasteiger charge is -2.10. The van der Waals surface area contributed by atoms with Crippen molar-refractivity contribution in [3.05, 3.63) is 76.6 Å². The minimum atomic E-state index is 0.160. The summed E-state index contributed by atoms with van der Waals surface area (Å²) in [5.41, 5.74) is 4.37. The highest BCUT2D eigenvalue weighted by atomic mass is 32.2. The Morgan fingerprint density at radius 3 is 2.43 bits per heavy atom. The van der Waals surface area contributed by atoms with Crippen LogP contribution in [0.25, 0.3) is 0 Å². The number of rotatable bonds is 9. The molecule has 0 aliphatic carbocycles. The molecule has 0 aliphatic heterocycles. The molecule has 28 heavy (non-hydrogen) atoms. The summed E-state index contributed by atoms with van der Waals surface area (Å²) in [6, 6.07) is 16.5. The van der Waals surface area contributed by atoms with Gasteiger partial charge in [-0.3, -0.25) is 4.79 Å². The van der Waals surface area contributed by atoms with Gasteiger partial charge in [0.15, 0.2) is 10.9 Å². The second kappa shape index (κ2) is 9.69. The van der Waals surface area contributed by atoms with Crippen molar-refractivity contribution in [1.29, 1.82) is 0 Å². The van der Waals surface area contributed by atoms with Crippen LogP contribution < -0.4 is 0 Å². The molecule has 3 rings (SSSR count). The maximum absolute atomic E-state index is 12.9. The first kappa shape index (κ1) is 20.3. The molecule has 1 heterocycles. The largest absolute Gasteiger partial charge is 0.306 e. The van der Waals surface area contributed by atoms with E-state index in [-0.39, 0.29) is 5.78 Å². The Labute approximate surface area is 171 Å². The molecule has 0 bridgehead atoms. The van der Waals surface area contributed by atoms with Crippen LogP contribution in [-0.4, -0.2) is 26.3 Å². The third kappa shape index (κ3) is 4.71. The molecule has 0 saturated carbocycles. The van der Waals surface area contributed by atoms with Gasteiger partial charge in [-0.25, -0.2) is 0 Å². The summed E-state index contributed by atoms with van der Waals surface area (Å²) in [5.74, 6) is 1.47. The number of hydrogen-bond donors (Lipinski definition) is 0. The summed E-state index contributed by atoms with van der Waals surface area (Å²) in [5, 5.41) is 9.54. The summed E-state index contributed by atoms with van der Waals surface area (Å²) in [4.78, 5) is 12.9. The van der Waals surface area contributed by atoms with E-state index >= 15 is 0 Å². The Hall–Kier alpha value is -2.40. The fourth-order valence-corrected chi connectivity index (χ4v) is 4.18. The smallest absolute Gasteiger partial charge is 0.191 e. The molecule has 5 heteroatoms. The van der Waals surface area contributed by atoms with E-state index < -0.39 is 0 Å². The maximum Gasteiger partial charge on any atom is 0.191 e. The zero-order valence-electron chi connectivity index (χ0n) is 16.8. The number of carbonyl (C=O) groups excluding carboxylic acids is 1. The van der Waals surface area contributed by atoms with Gasteiger partial charge in [-0.15, -0.1) is 10.2 Å². The van der Waals surface area contributed by atoms with Crippen molar-refractivity contribution in [3.8, 4) is 0 Å². The summed E-state index contributed by atoms with van der Waals surface area (Å²) in [6.07, 6.45) is 2.54. The average molecular weight is 394 g/mol. The number of aromatic nitrogens is 3. The number of ketones is 1. The van der Waals surface area contributed by atoms with E-state index in [0.717, 1.165) is 47.9 Å². The van der Waals surface area contributed by atoms with Gasteiger partial charge < -0.3 is 4.57 Å². The average Bonchev–Trinajstić information content (AvgIpc) is 3.13. The molecular formula is C23H27N3OS. The van der Waals surface area contributed by atoms with Gasteiger partial charge in [-0.2, -0.15) is 0 Å². The number of benzene rings is 2. The van der Waals surface area contributed by atoms with Crippen LogP contribution in [0.2, 0.25) is 0 Å². The molecule has 0 unspecified atom stereocenters. The Morgan fingerprint density at radius 1 is 0.964 bits per heavy atom. The second-order valence-corrected chi connectivity index (χ2v) is 7.66. The number of Topliss-reactive ketones (excluding diaryl/α,β-unsaturated/α-hetero) is 1. The predicted molar refractivity (Wildman–Crippen MR) is 115 cm³/mol. The molecule has 0 fully saturated rings. The van der Waals surface area contributed by atoms with E-state index in [4.69, 9.17) is 0 Å². The Morgan fingerprint density at radius 2 is 1.75 bits per heavy atom. The van der Waals surface area contributed by atoms with Gasteiger partial charge >= 0.3 is 0 Å². The Kier molecular flexibility index (Phi) is 7.04. The minimum Gasteiger partial charge on any atom is -0.306 e. The lowest BCUT2D eigenvalue weighted by Crippen LogP contribution is -2.09. The maximum atomic E-state index is 12.9. The first-order valence-electron chi connectivity index (χ1n) is 9.90. The van der Waals surface area contributed by atoms with Crippen LogP contribution >= 0.6 is 11.8 Å². The Balaban J connectivity index is 1.73. The normalized spacial score (nSPS) is 11.0. The first-order valence-corrected chi connectivity index (χ1v) is 10.9. The van der Waals surface area contributed by atoms with Crippen LogP contribution in [0.4, 0.5) is 0 Å². The number of carbonyl (C=O) groups is 1. The second-order valence-electron chi connectivity index (χ2n) is 6.72. The van der Waals surface area contributed by atoms with Crippen LogP contribution in [0.1, 0.15) is 53.6 Å². The van der Waals surface area contributed by atoms with Crippen LogP contribution in [-0.2, 0) is 25.8 Å². The van der Waals surface area contributed by atoms with E-state index in [1.165, 1.54) is 22.9 Å². The highest BCUT2D eigenvalue weighted by Gasteiger charge is 2.16. The van der Waals surface area contributed by atoms with Crippen molar-refractivity contribution in [2.24, 2.45) is 0 Å². The number of nitrogens with zero attached hydrogens (tertiary/aromatic N) is 3. The number of aryl methyl sites for hydroxylation is 2. The van der Waals surface area contributed by atoms with Crippen LogP contribution in [0.3, 0.4) is 0 Å². The van der Waals surface area contributed by atoms with Gasteiger partial charge in [0.25, 0.3) is 0 Å². The molecule has 0 N–H and O–H groups in total. The molecular weight excluding hydrogens is 366 g/mol. The number of thioether (sulfide) groups is 1. The topological polar surface area (TPSA) is 47.8 Å². The molecule has 4 nitrogen and oxygen atoms in total. The fourth-order valence-electron chi connectivity index (χ4n) is 3.27. The molecule has 0 radical (unpaired) electrons. The van der Waals surface area contributed by atoms with Gasteiger partial charge in [-0.1, -0.05) is 68.1 Å². The van der Waals surface area contributed by atoms with Crippen molar-refractivity contribution in [3.63, 3.8) is 0 Å². The zero-order chi connectivity index (χ0) is 19.9. The summed E-state index contributed by atoms with van der Waals surface area (Å²) < 4.78 is 2.11. The molecule has 1 aromatic heterocycles. The van der Waals surface area contributed by atoms with Crippen molar-refractivity contribution in [1.82, 2.24) is 14.8 Å². The van der Waals surface area contributed by atoms with Crippen LogP contribution in [0.15, 0.2) is 53.7 Å². The van der Waals surface area contributed by atoms with Crippen molar-refractivity contribution >= 4 is 17.5 Å². The monoisotopic (exact) mass is 393 g/mol. The minimum absolute atomic E-state index is 0.160. The Bertz CT molecular complexity index is 934. The molecule has 0 amide bonds. The molecule has 0 atom stereocenters. The van der Waals surface area contributed by atoms with Gasteiger partial charge in [0, 0.05) is 18.5 Å². The summed E-state index contributed by atoms with van der Waals surface area (Å²) in [6.45, 7) is 7.08. The molecule has 2 aromatic carbocycles. The molecule has 0 saturated heterocycles. The van der Waals surface area contributed by atoms with Crippen molar-refractivity contribution in [2.45, 2.75) is 51.7 Å². The van der Waals surface area contributed by atoms with Gasteiger partial charge in [-0.05, 0) is 42.5 Å². The predicted octanol–water partition coefficient (Wildman–Crippen LogP) is 4.99. The molecule has 3 aromatic rings. The fraction of sp³-hybridized carbons (Fsp3) is 0.348. The lowest BCUT2D eigenvalue weighted by atomic mass is 9.98. The van der Waals surface area contributed by atoms with E-state index in [1.54, 1.807) is 0 Å². The van der Waals surface area contributed by atoms with Crippen LogP contribution in [0.5, 0.6) is 0 Å². The molecule has 146 valence electrons. The summed E-state index contributed by atoms with van der Waals surface area (Å²) >= 11 is 1.48. The molecule has 0 aliphatic rings. The van der Waals surface area contributed by atoms with Crippen molar-refractivity contribution < 1.29 is 4.79 Å². The van der Waals surface area contributed by atoms with Gasteiger partial charge in [0.1, 0.15) is 5.82 Å².